The van der Waals surface area contributed by atoms with E-state index in [1.165, 1.54) is 0 Å². The normalized spacial score (nSPS) is 11.6. The van der Waals surface area contributed by atoms with Crippen molar-refractivity contribution in [3.8, 4) is 0 Å². The number of rotatable bonds is 5. The van der Waals surface area contributed by atoms with Gasteiger partial charge in [-0.25, -0.2) is 0 Å². The number of benzene rings is 1. The quantitative estimate of drug-likeness (QED) is 0.860. The SMILES string of the molecule is CC(C)(CCC(=O)O)NC(=O)c1cc2cccc(Br)c2o1. The van der Waals surface area contributed by atoms with Crippen LogP contribution in [-0.4, -0.2) is 22.5 Å². The van der Waals surface area contributed by atoms with Gasteiger partial charge in [0.2, 0.25) is 0 Å². The Morgan fingerprint density at radius 1 is 1.38 bits per heavy atom. The van der Waals surface area contributed by atoms with Crippen LogP contribution in [0.25, 0.3) is 11.0 Å². The summed E-state index contributed by atoms with van der Waals surface area (Å²) in [7, 11) is 0. The van der Waals surface area contributed by atoms with Gasteiger partial charge in [0.15, 0.2) is 5.76 Å². The minimum atomic E-state index is -0.884. The number of carboxylic acid groups (broad SMARTS) is 1. The maximum absolute atomic E-state index is 12.2. The highest BCUT2D eigenvalue weighted by Crippen LogP contribution is 2.27. The molecule has 0 atom stereocenters. The largest absolute Gasteiger partial charge is 0.481 e. The van der Waals surface area contributed by atoms with Crippen LogP contribution in [0.5, 0.6) is 0 Å². The third-order valence-electron chi connectivity index (χ3n) is 3.14. The first-order chi connectivity index (χ1) is 9.78. The molecule has 0 aliphatic heterocycles. The molecule has 1 heterocycles. The highest BCUT2D eigenvalue weighted by Gasteiger charge is 2.24. The summed E-state index contributed by atoms with van der Waals surface area (Å²) in [4.78, 5) is 22.8. The Bertz CT molecular complexity index is 690. The Labute approximate surface area is 130 Å². The molecular formula is C15H16BrNO4. The van der Waals surface area contributed by atoms with Crippen molar-refractivity contribution in [1.82, 2.24) is 5.32 Å². The lowest BCUT2D eigenvalue weighted by atomic mass is 9.98. The van der Waals surface area contributed by atoms with Crippen LogP contribution in [0.3, 0.4) is 0 Å². The molecule has 0 radical (unpaired) electrons. The number of carbonyl (C=O) groups excluding carboxylic acids is 1. The summed E-state index contributed by atoms with van der Waals surface area (Å²) < 4.78 is 6.34. The molecule has 2 aromatic rings. The van der Waals surface area contributed by atoms with E-state index < -0.39 is 11.5 Å². The molecule has 0 aliphatic rings. The van der Waals surface area contributed by atoms with Crippen LogP contribution in [-0.2, 0) is 4.79 Å². The molecule has 112 valence electrons. The summed E-state index contributed by atoms with van der Waals surface area (Å²) in [5.41, 5.74) is -0.00271. The zero-order valence-electron chi connectivity index (χ0n) is 11.8. The van der Waals surface area contributed by atoms with Gasteiger partial charge < -0.3 is 14.8 Å². The molecular weight excluding hydrogens is 338 g/mol. The number of furan rings is 1. The van der Waals surface area contributed by atoms with Crippen molar-refractivity contribution in [3.63, 3.8) is 0 Å². The van der Waals surface area contributed by atoms with Crippen LogP contribution in [0.15, 0.2) is 33.2 Å². The molecule has 1 amide bonds. The molecule has 0 unspecified atom stereocenters. The van der Waals surface area contributed by atoms with Crippen LogP contribution >= 0.6 is 15.9 Å². The van der Waals surface area contributed by atoms with Crippen molar-refractivity contribution in [2.24, 2.45) is 0 Å². The third-order valence-corrected chi connectivity index (χ3v) is 3.76. The van der Waals surface area contributed by atoms with E-state index in [-0.39, 0.29) is 18.1 Å². The van der Waals surface area contributed by atoms with Crippen LogP contribution in [0.4, 0.5) is 0 Å². The summed E-state index contributed by atoms with van der Waals surface area (Å²) in [6.07, 6.45) is 0.344. The fraction of sp³-hybridized carbons (Fsp3) is 0.333. The smallest absolute Gasteiger partial charge is 0.303 e. The summed E-state index contributed by atoms with van der Waals surface area (Å²) >= 11 is 3.37. The van der Waals surface area contributed by atoms with Crippen molar-refractivity contribution >= 4 is 38.8 Å². The van der Waals surface area contributed by atoms with E-state index in [1.54, 1.807) is 19.9 Å². The Hall–Kier alpha value is -1.82. The summed E-state index contributed by atoms with van der Waals surface area (Å²) in [6.45, 7) is 3.57. The number of aliphatic carboxylic acids is 1. The second-order valence-corrected chi connectivity index (χ2v) is 6.35. The molecule has 1 aromatic carbocycles. The van der Waals surface area contributed by atoms with E-state index >= 15 is 0 Å². The van der Waals surface area contributed by atoms with Crippen molar-refractivity contribution in [3.05, 3.63) is 34.5 Å². The van der Waals surface area contributed by atoms with Crippen LogP contribution in [0.1, 0.15) is 37.2 Å². The topological polar surface area (TPSA) is 79.5 Å². The fourth-order valence-electron chi connectivity index (χ4n) is 1.99. The van der Waals surface area contributed by atoms with Gasteiger partial charge in [0.25, 0.3) is 5.91 Å². The number of hydrogen-bond donors (Lipinski definition) is 2. The first kappa shape index (κ1) is 15.6. The Morgan fingerprint density at radius 2 is 2.10 bits per heavy atom. The highest BCUT2D eigenvalue weighted by atomic mass is 79.9. The molecule has 21 heavy (non-hydrogen) atoms. The summed E-state index contributed by atoms with van der Waals surface area (Å²) in [5, 5.41) is 12.3. The zero-order valence-corrected chi connectivity index (χ0v) is 13.4. The molecule has 2 rings (SSSR count). The lowest BCUT2D eigenvalue weighted by Gasteiger charge is -2.24. The van der Waals surface area contributed by atoms with Gasteiger partial charge >= 0.3 is 5.97 Å². The second-order valence-electron chi connectivity index (χ2n) is 5.50. The molecule has 1 aromatic heterocycles. The predicted molar refractivity (Wildman–Crippen MR) is 82.3 cm³/mol. The van der Waals surface area contributed by atoms with Crippen molar-refractivity contribution in [2.75, 3.05) is 0 Å². The molecule has 6 heteroatoms. The number of halogens is 1. The maximum Gasteiger partial charge on any atom is 0.303 e. The minimum absolute atomic E-state index is 0.00103. The van der Waals surface area contributed by atoms with E-state index in [4.69, 9.17) is 9.52 Å². The van der Waals surface area contributed by atoms with Crippen molar-refractivity contribution in [2.45, 2.75) is 32.2 Å². The van der Waals surface area contributed by atoms with Gasteiger partial charge in [0.05, 0.1) is 4.47 Å². The van der Waals surface area contributed by atoms with E-state index in [2.05, 4.69) is 21.2 Å². The number of carboxylic acids is 1. The molecule has 0 bridgehead atoms. The van der Waals surface area contributed by atoms with E-state index in [0.29, 0.717) is 12.0 Å². The molecule has 0 saturated carbocycles. The van der Waals surface area contributed by atoms with Crippen LogP contribution < -0.4 is 5.32 Å². The molecule has 0 saturated heterocycles. The number of hydrogen-bond acceptors (Lipinski definition) is 3. The number of carbonyl (C=O) groups is 2. The molecule has 2 N–H and O–H groups in total. The Kier molecular flexibility index (Phi) is 4.37. The van der Waals surface area contributed by atoms with Crippen LogP contribution in [0, 0.1) is 0 Å². The van der Waals surface area contributed by atoms with E-state index in [0.717, 1.165) is 9.86 Å². The standard InChI is InChI=1S/C15H16BrNO4/c1-15(2,7-6-12(18)19)17-14(20)11-8-9-4-3-5-10(16)13(9)21-11/h3-5,8H,6-7H2,1-2H3,(H,17,20)(H,18,19). The monoisotopic (exact) mass is 353 g/mol. The minimum Gasteiger partial charge on any atom is -0.481 e. The summed E-state index contributed by atoms with van der Waals surface area (Å²) in [5.74, 6) is -1.03. The zero-order chi connectivity index (χ0) is 15.6. The maximum atomic E-state index is 12.2. The second kappa shape index (κ2) is 5.89. The highest BCUT2D eigenvalue weighted by molar-refractivity contribution is 9.10. The number of nitrogens with one attached hydrogen (secondary N) is 1. The third kappa shape index (κ3) is 3.85. The fourth-order valence-corrected chi connectivity index (χ4v) is 2.45. The Balaban J connectivity index is 2.15. The molecule has 0 fully saturated rings. The van der Waals surface area contributed by atoms with E-state index in [9.17, 15) is 9.59 Å². The average Bonchev–Trinajstić information content (AvgIpc) is 2.82. The van der Waals surface area contributed by atoms with Gasteiger partial charge in [-0.2, -0.15) is 0 Å². The molecule has 5 nitrogen and oxygen atoms in total. The number of amides is 1. The van der Waals surface area contributed by atoms with E-state index in [1.807, 2.05) is 18.2 Å². The first-order valence-corrected chi connectivity index (χ1v) is 7.30. The van der Waals surface area contributed by atoms with Gasteiger partial charge in [-0.05, 0) is 48.3 Å². The molecule has 0 spiro atoms. The first-order valence-electron chi connectivity index (χ1n) is 6.51. The van der Waals surface area contributed by atoms with Crippen molar-refractivity contribution < 1.29 is 19.1 Å². The van der Waals surface area contributed by atoms with Gasteiger partial charge in [-0.1, -0.05) is 12.1 Å². The number of fused-ring (bicyclic) bond motifs is 1. The summed E-state index contributed by atoms with van der Waals surface area (Å²) in [6, 6.07) is 7.23. The van der Waals surface area contributed by atoms with Crippen molar-refractivity contribution in [1.29, 1.82) is 0 Å². The lowest BCUT2D eigenvalue weighted by Crippen LogP contribution is -2.43. The predicted octanol–water partition coefficient (Wildman–Crippen LogP) is 3.57. The van der Waals surface area contributed by atoms with Gasteiger partial charge in [0.1, 0.15) is 5.58 Å². The number of para-hydroxylation sites is 1. The van der Waals surface area contributed by atoms with Gasteiger partial charge in [-0.15, -0.1) is 0 Å². The lowest BCUT2D eigenvalue weighted by molar-refractivity contribution is -0.137. The van der Waals surface area contributed by atoms with Gasteiger partial charge in [0, 0.05) is 17.3 Å². The Morgan fingerprint density at radius 3 is 2.71 bits per heavy atom. The van der Waals surface area contributed by atoms with Crippen LogP contribution in [0.2, 0.25) is 0 Å². The van der Waals surface area contributed by atoms with Gasteiger partial charge in [-0.3, -0.25) is 9.59 Å². The average molecular weight is 354 g/mol. The molecule has 0 aliphatic carbocycles.